The fourth-order valence-electron chi connectivity index (χ4n) is 1.50. The Labute approximate surface area is 94.0 Å². The zero-order chi connectivity index (χ0) is 10.7. The third-order valence-electron chi connectivity index (χ3n) is 2.27. The molecule has 2 heteroatoms. The van der Waals surface area contributed by atoms with E-state index >= 15 is 0 Å². The second-order valence-corrected chi connectivity index (χ2v) is 3.74. The van der Waals surface area contributed by atoms with Crippen LogP contribution in [0.3, 0.4) is 0 Å². The largest absolute Gasteiger partial charge is 0.373 e. The standard InChI is InChI=1S/C13H11ClO/c14-13(15)12-8-4-7-11(9-12)10-5-2-1-3-6-10/h1-9,13,15H. The van der Waals surface area contributed by atoms with Crippen LogP contribution < -0.4 is 0 Å². The van der Waals surface area contributed by atoms with E-state index in [2.05, 4.69) is 0 Å². The van der Waals surface area contributed by atoms with E-state index in [0.29, 0.717) is 0 Å². The van der Waals surface area contributed by atoms with Crippen molar-refractivity contribution in [1.82, 2.24) is 0 Å². The Morgan fingerprint density at radius 1 is 0.867 bits per heavy atom. The predicted molar refractivity (Wildman–Crippen MR) is 62.7 cm³/mol. The third kappa shape index (κ3) is 2.38. The first-order chi connectivity index (χ1) is 7.27. The van der Waals surface area contributed by atoms with Crippen LogP contribution in [0.2, 0.25) is 0 Å². The lowest BCUT2D eigenvalue weighted by Gasteiger charge is -2.06. The zero-order valence-electron chi connectivity index (χ0n) is 8.10. The summed E-state index contributed by atoms with van der Waals surface area (Å²) in [6.07, 6.45) is 0. The summed E-state index contributed by atoms with van der Waals surface area (Å²) in [5.41, 5.74) is 1.97. The summed E-state index contributed by atoms with van der Waals surface area (Å²) in [4.78, 5) is 0. The molecule has 1 unspecified atom stereocenters. The molecule has 0 saturated heterocycles. The second-order valence-electron chi connectivity index (χ2n) is 3.33. The van der Waals surface area contributed by atoms with Crippen LogP contribution in [0.5, 0.6) is 0 Å². The van der Waals surface area contributed by atoms with E-state index in [9.17, 15) is 5.11 Å². The van der Waals surface area contributed by atoms with Crippen molar-refractivity contribution in [3.05, 3.63) is 60.2 Å². The molecule has 1 nitrogen and oxygen atoms in total. The van der Waals surface area contributed by atoms with Crippen molar-refractivity contribution in [2.24, 2.45) is 0 Å². The average Bonchev–Trinajstić information content (AvgIpc) is 2.30. The molecule has 2 rings (SSSR count). The molecule has 2 aromatic rings. The van der Waals surface area contributed by atoms with E-state index in [1.807, 2.05) is 54.6 Å². The van der Waals surface area contributed by atoms with Crippen molar-refractivity contribution >= 4 is 11.6 Å². The number of aliphatic hydroxyl groups excluding tert-OH is 1. The van der Waals surface area contributed by atoms with Crippen LogP contribution in [0.4, 0.5) is 0 Å². The van der Waals surface area contributed by atoms with Gasteiger partial charge in [0.05, 0.1) is 0 Å². The van der Waals surface area contributed by atoms with Crippen LogP contribution in [0, 0.1) is 0 Å². The molecule has 0 fully saturated rings. The minimum absolute atomic E-state index is 0.720. The molecule has 0 heterocycles. The SMILES string of the molecule is OC(Cl)c1cccc(-c2ccccc2)c1. The van der Waals surface area contributed by atoms with Crippen molar-refractivity contribution in [3.63, 3.8) is 0 Å². The molecule has 15 heavy (non-hydrogen) atoms. The molecule has 2 aromatic carbocycles. The highest BCUT2D eigenvalue weighted by Crippen LogP contribution is 2.24. The Bertz CT molecular complexity index is 437. The first-order valence-electron chi connectivity index (χ1n) is 4.75. The van der Waals surface area contributed by atoms with Gasteiger partial charge >= 0.3 is 0 Å². The van der Waals surface area contributed by atoms with Crippen molar-refractivity contribution in [1.29, 1.82) is 0 Å². The lowest BCUT2D eigenvalue weighted by atomic mass is 10.0. The van der Waals surface area contributed by atoms with E-state index in [-0.39, 0.29) is 0 Å². The highest BCUT2D eigenvalue weighted by molar-refractivity contribution is 6.19. The summed E-state index contributed by atoms with van der Waals surface area (Å²) in [6, 6.07) is 17.6. The van der Waals surface area contributed by atoms with E-state index in [0.717, 1.165) is 16.7 Å². The first kappa shape index (κ1) is 10.2. The number of hydrogen-bond donors (Lipinski definition) is 1. The molecular formula is C13H11ClO. The molecule has 76 valence electrons. The van der Waals surface area contributed by atoms with Gasteiger partial charge in [0.1, 0.15) is 0 Å². The molecule has 0 radical (unpaired) electrons. The Morgan fingerprint density at radius 2 is 1.53 bits per heavy atom. The molecule has 0 aliphatic heterocycles. The van der Waals surface area contributed by atoms with Crippen LogP contribution in [0.15, 0.2) is 54.6 Å². The zero-order valence-corrected chi connectivity index (χ0v) is 8.85. The van der Waals surface area contributed by atoms with Crippen LogP contribution in [-0.2, 0) is 0 Å². The highest BCUT2D eigenvalue weighted by atomic mass is 35.5. The van der Waals surface area contributed by atoms with E-state index < -0.39 is 5.56 Å². The Hall–Kier alpha value is -1.31. The number of aliphatic hydroxyl groups is 1. The van der Waals surface area contributed by atoms with Gasteiger partial charge in [-0.3, -0.25) is 0 Å². The lowest BCUT2D eigenvalue weighted by molar-refractivity contribution is 0.263. The van der Waals surface area contributed by atoms with Crippen molar-refractivity contribution in [2.75, 3.05) is 0 Å². The van der Waals surface area contributed by atoms with Gasteiger partial charge in [0, 0.05) is 0 Å². The van der Waals surface area contributed by atoms with E-state index in [4.69, 9.17) is 11.6 Å². The molecular weight excluding hydrogens is 208 g/mol. The topological polar surface area (TPSA) is 20.2 Å². The molecule has 1 N–H and O–H groups in total. The number of benzene rings is 2. The Balaban J connectivity index is 2.42. The van der Waals surface area contributed by atoms with Gasteiger partial charge in [-0.05, 0) is 22.8 Å². The van der Waals surface area contributed by atoms with E-state index in [1.165, 1.54) is 0 Å². The third-order valence-corrected chi connectivity index (χ3v) is 2.52. The maximum absolute atomic E-state index is 9.26. The Morgan fingerprint density at radius 3 is 2.20 bits per heavy atom. The summed E-state index contributed by atoms with van der Waals surface area (Å²) in [5, 5.41) is 9.26. The van der Waals surface area contributed by atoms with Gasteiger partial charge in [0.2, 0.25) is 0 Å². The molecule has 0 amide bonds. The number of alkyl halides is 1. The normalized spacial score (nSPS) is 12.4. The van der Waals surface area contributed by atoms with Gasteiger partial charge in [-0.2, -0.15) is 0 Å². The second kappa shape index (κ2) is 4.47. The minimum Gasteiger partial charge on any atom is -0.373 e. The van der Waals surface area contributed by atoms with Gasteiger partial charge in [-0.25, -0.2) is 0 Å². The summed E-state index contributed by atoms with van der Waals surface area (Å²) < 4.78 is 0. The van der Waals surface area contributed by atoms with Crippen LogP contribution in [0.25, 0.3) is 11.1 Å². The smallest absolute Gasteiger partial charge is 0.153 e. The number of hydrogen-bond acceptors (Lipinski definition) is 1. The minimum atomic E-state index is -0.936. The maximum atomic E-state index is 9.26. The lowest BCUT2D eigenvalue weighted by Crippen LogP contribution is -1.88. The van der Waals surface area contributed by atoms with Crippen molar-refractivity contribution < 1.29 is 5.11 Å². The van der Waals surface area contributed by atoms with Crippen LogP contribution >= 0.6 is 11.6 Å². The average molecular weight is 219 g/mol. The Kier molecular flexibility index (Phi) is 3.05. The van der Waals surface area contributed by atoms with Gasteiger partial charge in [-0.15, -0.1) is 0 Å². The van der Waals surface area contributed by atoms with Crippen LogP contribution in [-0.4, -0.2) is 5.11 Å². The van der Waals surface area contributed by atoms with Gasteiger partial charge in [0.25, 0.3) is 0 Å². The fraction of sp³-hybridized carbons (Fsp3) is 0.0769. The van der Waals surface area contributed by atoms with Gasteiger partial charge in [0.15, 0.2) is 5.56 Å². The first-order valence-corrected chi connectivity index (χ1v) is 5.18. The molecule has 0 aliphatic rings. The summed E-state index contributed by atoms with van der Waals surface area (Å²) >= 11 is 5.62. The number of halogens is 1. The van der Waals surface area contributed by atoms with Crippen molar-refractivity contribution in [3.8, 4) is 11.1 Å². The monoisotopic (exact) mass is 218 g/mol. The molecule has 0 bridgehead atoms. The quantitative estimate of drug-likeness (QED) is 0.764. The highest BCUT2D eigenvalue weighted by Gasteiger charge is 2.03. The van der Waals surface area contributed by atoms with Gasteiger partial charge < -0.3 is 5.11 Å². The van der Waals surface area contributed by atoms with Crippen LogP contribution in [0.1, 0.15) is 11.1 Å². The van der Waals surface area contributed by atoms with E-state index in [1.54, 1.807) is 0 Å². The summed E-state index contributed by atoms with van der Waals surface area (Å²) in [6.45, 7) is 0. The molecule has 0 aromatic heterocycles. The molecule has 0 saturated carbocycles. The molecule has 0 spiro atoms. The molecule has 0 aliphatic carbocycles. The van der Waals surface area contributed by atoms with Gasteiger partial charge in [-0.1, -0.05) is 60.1 Å². The molecule has 1 atom stereocenters. The predicted octanol–water partition coefficient (Wildman–Crippen LogP) is 3.58. The maximum Gasteiger partial charge on any atom is 0.153 e. The number of rotatable bonds is 2. The van der Waals surface area contributed by atoms with Crippen molar-refractivity contribution in [2.45, 2.75) is 5.56 Å². The summed E-state index contributed by atoms with van der Waals surface area (Å²) in [7, 11) is 0. The fourth-order valence-corrected chi connectivity index (χ4v) is 1.63. The summed E-state index contributed by atoms with van der Waals surface area (Å²) in [5.74, 6) is 0.